The van der Waals surface area contributed by atoms with Crippen molar-refractivity contribution in [3.63, 3.8) is 0 Å². The molecule has 1 atom stereocenters. The molecule has 1 saturated heterocycles. The molecule has 1 aromatic carbocycles. The molecule has 2 aromatic rings. The number of rotatable bonds is 8. The average Bonchev–Trinajstić information content (AvgIpc) is 3.45. The van der Waals surface area contributed by atoms with Crippen molar-refractivity contribution in [2.75, 3.05) is 13.1 Å². The number of piperidine rings is 1. The van der Waals surface area contributed by atoms with Gasteiger partial charge in [-0.05, 0) is 50.8 Å². The zero-order valence-electron chi connectivity index (χ0n) is 20.0. The number of carbonyl (C=O) groups excluding carboxylic acids is 2. The van der Waals surface area contributed by atoms with E-state index in [1.54, 1.807) is 29.4 Å². The predicted octanol–water partition coefficient (Wildman–Crippen LogP) is 2.67. The van der Waals surface area contributed by atoms with Crippen LogP contribution in [0.2, 0.25) is 0 Å². The van der Waals surface area contributed by atoms with Crippen molar-refractivity contribution in [3.8, 4) is 0 Å². The maximum absolute atomic E-state index is 13.0. The summed E-state index contributed by atoms with van der Waals surface area (Å²) in [5.41, 5.74) is 1.37. The van der Waals surface area contributed by atoms with E-state index in [-0.39, 0.29) is 23.3 Å². The Kier molecular flexibility index (Phi) is 7.57. The van der Waals surface area contributed by atoms with E-state index in [1.165, 1.54) is 0 Å². The fourth-order valence-electron chi connectivity index (χ4n) is 4.78. The van der Waals surface area contributed by atoms with E-state index < -0.39 is 22.1 Å². The van der Waals surface area contributed by atoms with Crippen molar-refractivity contribution >= 4 is 32.9 Å². The van der Waals surface area contributed by atoms with Crippen LogP contribution >= 0.6 is 0 Å². The normalized spacial score (nSPS) is 18.8. The van der Waals surface area contributed by atoms with Crippen LogP contribution in [0, 0.1) is 0 Å². The minimum absolute atomic E-state index is 0.0805. The fourth-order valence-corrected chi connectivity index (χ4v) is 6.32. The van der Waals surface area contributed by atoms with Gasteiger partial charge in [0.25, 0.3) is 5.91 Å². The molecule has 1 amide bonds. The van der Waals surface area contributed by atoms with Gasteiger partial charge in [-0.2, -0.15) is 4.31 Å². The molecule has 1 aliphatic carbocycles. The Bertz CT molecular complexity index is 1150. The summed E-state index contributed by atoms with van der Waals surface area (Å²) in [7, 11) is -1.70. The number of hydrogen-bond acceptors (Lipinski definition) is 6. The van der Waals surface area contributed by atoms with Gasteiger partial charge in [-0.1, -0.05) is 19.3 Å². The maximum Gasteiger partial charge on any atom is 0.307 e. The molecule has 1 aromatic heterocycles. The monoisotopic (exact) mass is 490 g/mol. The van der Waals surface area contributed by atoms with E-state index in [1.807, 2.05) is 11.6 Å². The van der Waals surface area contributed by atoms with Crippen LogP contribution < -0.4 is 5.32 Å². The molecule has 10 heteroatoms. The Morgan fingerprint density at radius 3 is 2.56 bits per heavy atom. The second-order valence-electron chi connectivity index (χ2n) is 9.32. The molecule has 4 rings (SSSR count). The summed E-state index contributed by atoms with van der Waals surface area (Å²) in [6.45, 7) is 2.68. The number of ether oxygens (including phenoxy) is 1. The van der Waals surface area contributed by atoms with Gasteiger partial charge >= 0.3 is 5.97 Å². The molecule has 1 saturated carbocycles. The molecule has 1 aliphatic heterocycles. The smallest absolute Gasteiger partial charge is 0.307 e. The largest absolute Gasteiger partial charge is 0.453 e. The molecule has 1 N–H and O–H groups in total. The van der Waals surface area contributed by atoms with Crippen molar-refractivity contribution in [1.29, 1.82) is 0 Å². The number of hydrogen-bond donors (Lipinski definition) is 1. The molecular formula is C24H34N4O5S. The van der Waals surface area contributed by atoms with E-state index >= 15 is 0 Å². The van der Waals surface area contributed by atoms with Gasteiger partial charge < -0.3 is 14.6 Å². The predicted molar refractivity (Wildman–Crippen MR) is 128 cm³/mol. The summed E-state index contributed by atoms with van der Waals surface area (Å²) in [5, 5.41) is 2.94. The third-order valence-corrected chi connectivity index (χ3v) is 8.72. The number of carbonyl (C=O) groups is 2. The molecule has 1 unspecified atom stereocenters. The van der Waals surface area contributed by atoms with Crippen molar-refractivity contribution in [3.05, 3.63) is 24.0 Å². The highest BCUT2D eigenvalue weighted by Gasteiger charge is 2.27. The topological polar surface area (TPSA) is 111 Å². The van der Waals surface area contributed by atoms with Gasteiger partial charge in [0.1, 0.15) is 5.82 Å². The third-order valence-electron chi connectivity index (χ3n) is 6.83. The first kappa shape index (κ1) is 24.7. The molecule has 186 valence electrons. The van der Waals surface area contributed by atoms with Crippen LogP contribution in [-0.2, 0) is 37.8 Å². The summed E-state index contributed by atoms with van der Waals surface area (Å²) in [6, 6.07) is 5.17. The number of esters is 1. The molecule has 2 heterocycles. The molecule has 34 heavy (non-hydrogen) atoms. The lowest BCUT2D eigenvalue weighted by molar-refractivity contribution is -0.155. The molecule has 2 fully saturated rings. The van der Waals surface area contributed by atoms with Gasteiger partial charge in [0, 0.05) is 32.6 Å². The van der Waals surface area contributed by atoms with Crippen LogP contribution in [0.1, 0.15) is 64.1 Å². The Morgan fingerprint density at radius 1 is 1.15 bits per heavy atom. The number of benzene rings is 1. The third kappa shape index (κ3) is 5.43. The number of aryl methyl sites for hydroxylation is 2. The minimum atomic E-state index is -3.54. The van der Waals surface area contributed by atoms with Gasteiger partial charge in [-0.3, -0.25) is 9.59 Å². The second-order valence-corrected chi connectivity index (χ2v) is 11.3. The molecule has 0 radical (unpaired) electrons. The average molecular weight is 491 g/mol. The van der Waals surface area contributed by atoms with Gasteiger partial charge in [0.15, 0.2) is 6.10 Å². The molecule has 0 bridgehead atoms. The van der Waals surface area contributed by atoms with E-state index in [0.29, 0.717) is 30.9 Å². The maximum atomic E-state index is 13.0. The molecule has 2 aliphatic rings. The number of imidazole rings is 1. The van der Waals surface area contributed by atoms with E-state index in [9.17, 15) is 18.0 Å². The lowest BCUT2D eigenvalue weighted by Gasteiger charge is -2.25. The summed E-state index contributed by atoms with van der Waals surface area (Å²) in [4.78, 5) is 29.4. The van der Waals surface area contributed by atoms with E-state index in [2.05, 4.69) is 10.3 Å². The lowest BCUT2D eigenvalue weighted by atomic mass is 10.2. The number of amides is 1. The van der Waals surface area contributed by atoms with Crippen LogP contribution in [-0.4, -0.2) is 59.4 Å². The summed E-state index contributed by atoms with van der Waals surface area (Å²) in [6.07, 6.45) is 6.56. The van der Waals surface area contributed by atoms with Gasteiger partial charge in [-0.15, -0.1) is 0 Å². The fraction of sp³-hybridized carbons (Fsp3) is 0.625. The van der Waals surface area contributed by atoms with Crippen molar-refractivity contribution in [2.24, 2.45) is 7.05 Å². The summed E-state index contributed by atoms with van der Waals surface area (Å²) in [5.74, 6) is -0.0672. The lowest BCUT2D eigenvalue weighted by Crippen LogP contribution is -2.40. The number of sulfonamides is 1. The Balaban J connectivity index is 1.37. The van der Waals surface area contributed by atoms with Crippen LogP contribution in [0.15, 0.2) is 23.1 Å². The number of fused-ring (bicyclic) bond motifs is 1. The Morgan fingerprint density at radius 2 is 1.85 bits per heavy atom. The quantitative estimate of drug-likeness (QED) is 0.570. The number of nitrogens with one attached hydrogen (secondary N) is 1. The van der Waals surface area contributed by atoms with Crippen LogP contribution in [0.3, 0.4) is 0 Å². The van der Waals surface area contributed by atoms with Crippen molar-refractivity contribution in [2.45, 2.75) is 81.8 Å². The van der Waals surface area contributed by atoms with Gasteiger partial charge in [0.05, 0.1) is 22.3 Å². The first-order chi connectivity index (χ1) is 16.3. The first-order valence-electron chi connectivity index (χ1n) is 12.2. The zero-order chi connectivity index (χ0) is 24.3. The molecule has 9 nitrogen and oxygen atoms in total. The minimum Gasteiger partial charge on any atom is -0.453 e. The van der Waals surface area contributed by atoms with Crippen LogP contribution in [0.5, 0.6) is 0 Å². The highest BCUT2D eigenvalue weighted by atomic mass is 32.2. The second kappa shape index (κ2) is 10.4. The van der Waals surface area contributed by atoms with Gasteiger partial charge in [-0.25, -0.2) is 13.4 Å². The SMILES string of the molecule is CC(OC(=O)CCc1nc2cc(S(=O)(=O)N3CCCCC3)ccc2n1C)C(=O)NC1CCCC1. The first-order valence-corrected chi connectivity index (χ1v) is 13.6. The summed E-state index contributed by atoms with van der Waals surface area (Å²) < 4.78 is 34.7. The number of nitrogens with zero attached hydrogens (tertiary/aromatic N) is 3. The van der Waals surface area contributed by atoms with E-state index in [4.69, 9.17) is 4.74 Å². The van der Waals surface area contributed by atoms with Crippen molar-refractivity contribution < 1.29 is 22.7 Å². The molecular weight excluding hydrogens is 456 g/mol. The van der Waals surface area contributed by atoms with Gasteiger partial charge in [0.2, 0.25) is 10.0 Å². The summed E-state index contributed by atoms with van der Waals surface area (Å²) >= 11 is 0. The van der Waals surface area contributed by atoms with E-state index in [0.717, 1.165) is 50.5 Å². The van der Waals surface area contributed by atoms with Crippen LogP contribution in [0.4, 0.5) is 0 Å². The molecule has 0 spiro atoms. The van der Waals surface area contributed by atoms with Crippen LogP contribution in [0.25, 0.3) is 11.0 Å². The zero-order valence-corrected chi connectivity index (χ0v) is 20.8. The van der Waals surface area contributed by atoms with Crippen molar-refractivity contribution in [1.82, 2.24) is 19.2 Å². The number of aromatic nitrogens is 2. The highest BCUT2D eigenvalue weighted by molar-refractivity contribution is 7.89. The highest BCUT2D eigenvalue weighted by Crippen LogP contribution is 2.25. The standard InChI is InChI=1S/C24H34N4O5S/c1-17(24(30)25-18-8-4-5-9-18)33-23(29)13-12-22-26-20-16-19(10-11-21(20)27(22)2)34(31,32)28-14-6-3-7-15-28/h10-11,16-18H,3-9,12-15H2,1-2H3,(H,25,30). The Labute approximate surface area is 200 Å². The Hall–Kier alpha value is -2.46.